The van der Waals surface area contributed by atoms with Crippen LogP contribution in [0.1, 0.15) is 45.1 Å². The van der Waals surface area contributed by atoms with Crippen LogP contribution >= 0.6 is 0 Å². The topological polar surface area (TPSA) is 66.4 Å². The normalized spacial score (nSPS) is 11.8. The Balaban J connectivity index is 2.29. The van der Waals surface area contributed by atoms with Crippen LogP contribution < -0.4 is 5.32 Å². The maximum absolute atomic E-state index is 12.5. The highest BCUT2D eigenvalue weighted by Crippen LogP contribution is 2.22. The van der Waals surface area contributed by atoms with Crippen LogP contribution in [0.3, 0.4) is 0 Å². The van der Waals surface area contributed by atoms with E-state index in [1.165, 1.54) is 0 Å². The molecule has 0 aliphatic heterocycles. The Kier molecular flexibility index (Phi) is 5.16. The lowest BCUT2D eigenvalue weighted by Crippen LogP contribution is -2.31. The van der Waals surface area contributed by atoms with E-state index in [-0.39, 0.29) is 12.3 Å². The maximum atomic E-state index is 12.5. The zero-order valence-corrected chi connectivity index (χ0v) is 13.6. The fourth-order valence-corrected chi connectivity index (χ4v) is 2.70. The summed E-state index contributed by atoms with van der Waals surface area (Å²) in [6, 6.07) is 12.5. The molecule has 2 rings (SSSR count). The van der Waals surface area contributed by atoms with Crippen LogP contribution in [0.25, 0.3) is 0 Å². The average Bonchev–Trinajstić information content (AvgIpc) is 2.46. The molecule has 1 atom stereocenters. The van der Waals surface area contributed by atoms with Gasteiger partial charge in [-0.3, -0.25) is 9.59 Å². The fraction of sp³-hybridized carbons (Fsp3) is 0.263. The Morgan fingerprint density at radius 1 is 1.04 bits per heavy atom. The zero-order chi connectivity index (χ0) is 17.0. The van der Waals surface area contributed by atoms with Gasteiger partial charge >= 0.3 is 5.97 Å². The van der Waals surface area contributed by atoms with Gasteiger partial charge in [-0.1, -0.05) is 42.0 Å². The minimum atomic E-state index is -0.945. The molecule has 0 fully saturated rings. The highest BCUT2D eigenvalue weighted by atomic mass is 16.4. The van der Waals surface area contributed by atoms with Gasteiger partial charge in [0.1, 0.15) is 0 Å². The number of rotatable bonds is 5. The third kappa shape index (κ3) is 4.19. The van der Waals surface area contributed by atoms with Crippen LogP contribution in [0.15, 0.2) is 42.5 Å². The van der Waals surface area contributed by atoms with Crippen LogP contribution in [-0.4, -0.2) is 17.0 Å². The van der Waals surface area contributed by atoms with Gasteiger partial charge < -0.3 is 10.4 Å². The zero-order valence-electron chi connectivity index (χ0n) is 13.6. The Morgan fingerprint density at radius 3 is 2.35 bits per heavy atom. The first-order valence-corrected chi connectivity index (χ1v) is 7.54. The molecule has 0 saturated carbocycles. The molecule has 0 spiro atoms. The molecule has 23 heavy (non-hydrogen) atoms. The lowest BCUT2D eigenvalue weighted by atomic mass is 9.97. The summed E-state index contributed by atoms with van der Waals surface area (Å²) in [4.78, 5) is 23.7. The van der Waals surface area contributed by atoms with Gasteiger partial charge in [-0.2, -0.15) is 0 Å². The van der Waals surface area contributed by atoms with Gasteiger partial charge in [0, 0.05) is 5.56 Å². The number of carbonyl (C=O) groups excluding carboxylic acids is 1. The van der Waals surface area contributed by atoms with Gasteiger partial charge in [0.25, 0.3) is 5.91 Å². The van der Waals surface area contributed by atoms with Gasteiger partial charge in [0.2, 0.25) is 0 Å². The van der Waals surface area contributed by atoms with E-state index < -0.39 is 12.0 Å². The van der Waals surface area contributed by atoms with E-state index in [1.54, 1.807) is 6.07 Å². The number of aliphatic carboxylic acids is 1. The summed E-state index contributed by atoms with van der Waals surface area (Å²) in [5, 5.41) is 12.0. The molecule has 4 heteroatoms. The minimum absolute atomic E-state index is 0.151. The largest absolute Gasteiger partial charge is 0.481 e. The van der Waals surface area contributed by atoms with Crippen molar-refractivity contribution in [2.24, 2.45) is 0 Å². The van der Waals surface area contributed by atoms with Crippen molar-refractivity contribution in [1.29, 1.82) is 0 Å². The number of amides is 1. The van der Waals surface area contributed by atoms with Gasteiger partial charge in [0.15, 0.2) is 0 Å². The lowest BCUT2D eigenvalue weighted by Gasteiger charge is -2.20. The summed E-state index contributed by atoms with van der Waals surface area (Å²) in [5.74, 6) is -1.20. The van der Waals surface area contributed by atoms with Gasteiger partial charge in [-0.25, -0.2) is 0 Å². The number of hydrogen-bond donors (Lipinski definition) is 2. The van der Waals surface area contributed by atoms with Gasteiger partial charge in [-0.15, -0.1) is 0 Å². The van der Waals surface area contributed by atoms with Crippen molar-refractivity contribution < 1.29 is 14.7 Å². The van der Waals surface area contributed by atoms with E-state index in [0.29, 0.717) is 5.56 Å². The van der Waals surface area contributed by atoms with Crippen molar-refractivity contribution in [2.45, 2.75) is 33.2 Å². The second kappa shape index (κ2) is 7.09. The summed E-state index contributed by atoms with van der Waals surface area (Å²) >= 11 is 0. The number of aryl methyl sites for hydroxylation is 3. The number of hydrogen-bond acceptors (Lipinski definition) is 2. The molecular weight excluding hydrogens is 290 g/mol. The molecule has 4 nitrogen and oxygen atoms in total. The number of carboxylic acids is 1. The van der Waals surface area contributed by atoms with Crippen molar-refractivity contribution >= 4 is 11.9 Å². The Hall–Kier alpha value is -2.62. The van der Waals surface area contributed by atoms with Crippen LogP contribution in [0, 0.1) is 20.8 Å². The van der Waals surface area contributed by atoms with Crippen molar-refractivity contribution in [1.82, 2.24) is 5.32 Å². The highest BCUT2D eigenvalue weighted by molar-refractivity contribution is 5.96. The quantitative estimate of drug-likeness (QED) is 0.887. The second-order valence-electron chi connectivity index (χ2n) is 5.80. The van der Waals surface area contributed by atoms with Crippen LogP contribution in [0.4, 0.5) is 0 Å². The number of carbonyl (C=O) groups is 2. The molecule has 1 unspecified atom stereocenters. The smallest absolute Gasteiger partial charge is 0.305 e. The molecule has 0 saturated heterocycles. The average molecular weight is 311 g/mol. The molecule has 0 aliphatic carbocycles. The Labute approximate surface area is 136 Å². The molecule has 0 aliphatic rings. The molecule has 2 N–H and O–H groups in total. The predicted molar refractivity (Wildman–Crippen MR) is 89.6 cm³/mol. The lowest BCUT2D eigenvalue weighted by molar-refractivity contribution is -0.137. The number of benzene rings is 2. The molecular formula is C19H21NO3. The SMILES string of the molecule is Cc1ccc(C(=O)NC(CC(=O)O)c2ccccc2C)c(C)c1. The van der Waals surface area contributed by atoms with E-state index in [1.807, 2.05) is 57.2 Å². The predicted octanol–water partition coefficient (Wildman–Crippen LogP) is 3.56. The summed E-state index contributed by atoms with van der Waals surface area (Å²) in [5.41, 5.74) is 4.31. The number of nitrogens with one attached hydrogen (secondary N) is 1. The maximum Gasteiger partial charge on any atom is 0.305 e. The van der Waals surface area contributed by atoms with Crippen LogP contribution in [-0.2, 0) is 4.79 Å². The summed E-state index contributed by atoms with van der Waals surface area (Å²) in [6.07, 6.45) is -0.151. The first-order chi connectivity index (χ1) is 10.9. The molecule has 0 aromatic heterocycles. The summed E-state index contributed by atoms with van der Waals surface area (Å²) in [6.45, 7) is 5.75. The van der Waals surface area contributed by atoms with Crippen molar-refractivity contribution in [3.63, 3.8) is 0 Å². The monoisotopic (exact) mass is 311 g/mol. The molecule has 0 radical (unpaired) electrons. The number of carboxylic acid groups (broad SMARTS) is 1. The summed E-state index contributed by atoms with van der Waals surface area (Å²) < 4.78 is 0. The molecule has 0 heterocycles. The van der Waals surface area contributed by atoms with E-state index in [4.69, 9.17) is 5.11 Å². The minimum Gasteiger partial charge on any atom is -0.481 e. The molecule has 120 valence electrons. The first kappa shape index (κ1) is 16.7. The Morgan fingerprint density at radius 2 is 1.74 bits per heavy atom. The molecule has 0 bridgehead atoms. The van der Waals surface area contributed by atoms with Crippen molar-refractivity contribution in [2.75, 3.05) is 0 Å². The van der Waals surface area contributed by atoms with E-state index in [0.717, 1.165) is 22.3 Å². The second-order valence-corrected chi connectivity index (χ2v) is 5.80. The standard InChI is InChI=1S/C19H21NO3/c1-12-8-9-16(14(3)10-12)19(23)20-17(11-18(21)22)15-7-5-4-6-13(15)2/h4-10,17H,11H2,1-3H3,(H,20,23)(H,21,22). The van der Waals surface area contributed by atoms with Gasteiger partial charge in [-0.05, 0) is 43.5 Å². The molecule has 2 aromatic carbocycles. The fourth-order valence-electron chi connectivity index (χ4n) is 2.70. The third-order valence-electron chi connectivity index (χ3n) is 3.87. The van der Waals surface area contributed by atoms with Crippen molar-refractivity contribution in [3.8, 4) is 0 Å². The third-order valence-corrected chi connectivity index (χ3v) is 3.87. The van der Waals surface area contributed by atoms with E-state index in [9.17, 15) is 9.59 Å². The summed E-state index contributed by atoms with van der Waals surface area (Å²) in [7, 11) is 0. The van der Waals surface area contributed by atoms with Crippen LogP contribution in [0.2, 0.25) is 0 Å². The molecule has 2 aromatic rings. The first-order valence-electron chi connectivity index (χ1n) is 7.54. The van der Waals surface area contributed by atoms with E-state index >= 15 is 0 Å². The van der Waals surface area contributed by atoms with Gasteiger partial charge in [0.05, 0.1) is 12.5 Å². The van der Waals surface area contributed by atoms with Crippen LogP contribution in [0.5, 0.6) is 0 Å². The van der Waals surface area contributed by atoms with E-state index in [2.05, 4.69) is 5.32 Å². The Bertz CT molecular complexity index is 737. The highest BCUT2D eigenvalue weighted by Gasteiger charge is 2.21. The van der Waals surface area contributed by atoms with Crippen molar-refractivity contribution in [3.05, 3.63) is 70.3 Å². The molecule has 1 amide bonds.